The lowest BCUT2D eigenvalue weighted by molar-refractivity contribution is -0.129. The standard InChI is InChI=1S/C29H37N5O6S2/c1-17(35)33-11-10-21-22(14-33)41-26(23(21)25(37)32-27(38)30-5)31-24(36)18-6-8-20(9-7-18)42(39,40)34-16-29(4)13-19(34)12-28(2,3)15-29/h6-9,19H,10-16H2,1-5H3,(H,31,36)(H2,30,32,37,38). The number of carbonyl (C=O) groups is 4. The Labute approximate surface area is 250 Å². The van der Waals surface area contributed by atoms with E-state index in [0.717, 1.165) is 24.1 Å². The molecule has 1 saturated carbocycles. The molecule has 2 fully saturated rings. The quantitative estimate of drug-likeness (QED) is 0.469. The number of imide groups is 1. The molecular formula is C29H37N5O6S2. The number of amides is 5. The zero-order valence-electron chi connectivity index (χ0n) is 24.5. The van der Waals surface area contributed by atoms with Crippen molar-refractivity contribution in [3.63, 3.8) is 0 Å². The predicted molar refractivity (Wildman–Crippen MR) is 159 cm³/mol. The van der Waals surface area contributed by atoms with Gasteiger partial charge < -0.3 is 15.5 Å². The topological polar surface area (TPSA) is 145 Å². The van der Waals surface area contributed by atoms with Crippen LogP contribution in [0.15, 0.2) is 29.2 Å². The Morgan fingerprint density at radius 2 is 1.71 bits per heavy atom. The molecule has 3 aliphatic rings. The van der Waals surface area contributed by atoms with Gasteiger partial charge >= 0.3 is 6.03 Å². The van der Waals surface area contributed by atoms with E-state index in [1.54, 1.807) is 9.21 Å². The van der Waals surface area contributed by atoms with Gasteiger partial charge in [-0.2, -0.15) is 4.31 Å². The summed E-state index contributed by atoms with van der Waals surface area (Å²) in [5.41, 5.74) is 1.11. The second-order valence-corrected chi connectivity index (χ2v) is 15.7. The summed E-state index contributed by atoms with van der Waals surface area (Å²) in [5.74, 6) is -1.28. The van der Waals surface area contributed by atoms with Crippen molar-refractivity contribution in [3.8, 4) is 0 Å². The molecule has 0 radical (unpaired) electrons. The Morgan fingerprint density at radius 3 is 2.36 bits per heavy atom. The van der Waals surface area contributed by atoms with E-state index in [1.807, 2.05) is 0 Å². The molecule has 42 heavy (non-hydrogen) atoms. The fourth-order valence-electron chi connectivity index (χ4n) is 7.01. The molecule has 1 aromatic carbocycles. The van der Waals surface area contributed by atoms with Gasteiger partial charge in [0, 0.05) is 43.5 Å². The highest BCUT2D eigenvalue weighted by atomic mass is 32.2. The molecule has 2 aromatic rings. The maximum atomic E-state index is 13.6. The minimum absolute atomic E-state index is 0.0464. The van der Waals surface area contributed by atoms with Gasteiger partial charge in [-0.1, -0.05) is 20.8 Å². The van der Waals surface area contributed by atoms with Crippen molar-refractivity contribution in [2.24, 2.45) is 10.8 Å². The third kappa shape index (κ3) is 5.69. The number of fused-ring (bicyclic) bond motifs is 3. The third-order valence-corrected chi connectivity index (χ3v) is 11.5. The smallest absolute Gasteiger partial charge is 0.321 e. The summed E-state index contributed by atoms with van der Waals surface area (Å²) in [7, 11) is -2.36. The monoisotopic (exact) mass is 615 g/mol. The van der Waals surface area contributed by atoms with Gasteiger partial charge in [0.2, 0.25) is 15.9 Å². The van der Waals surface area contributed by atoms with E-state index < -0.39 is 27.9 Å². The normalized spacial score (nSPS) is 23.2. The van der Waals surface area contributed by atoms with Crippen LogP contribution in [0.3, 0.4) is 0 Å². The summed E-state index contributed by atoms with van der Waals surface area (Å²) in [5, 5.41) is 7.64. The molecule has 226 valence electrons. The van der Waals surface area contributed by atoms with Gasteiger partial charge in [0.05, 0.1) is 17.0 Å². The maximum absolute atomic E-state index is 13.6. The number of thiophene rings is 1. The molecule has 0 spiro atoms. The van der Waals surface area contributed by atoms with Gasteiger partial charge in [-0.25, -0.2) is 13.2 Å². The van der Waals surface area contributed by atoms with Crippen LogP contribution < -0.4 is 16.0 Å². The molecular weight excluding hydrogens is 578 g/mol. The minimum atomic E-state index is -3.75. The number of urea groups is 1. The largest absolute Gasteiger partial charge is 0.341 e. The number of carbonyl (C=O) groups excluding carboxylic acids is 4. The van der Waals surface area contributed by atoms with E-state index in [0.29, 0.717) is 31.6 Å². The van der Waals surface area contributed by atoms with Crippen molar-refractivity contribution in [2.45, 2.75) is 70.9 Å². The molecule has 2 atom stereocenters. The summed E-state index contributed by atoms with van der Waals surface area (Å²) < 4.78 is 28.9. The zero-order chi connectivity index (χ0) is 30.6. The number of benzene rings is 1. The number of anilines is 1. The molecule has 1 saturated heterocycles. The summed E-state index contributed by atoms with van der Waals surface area (Å²) >= 11 is 1.18. The fraction of sp³-hybridized carbons (Fsp3) is 0.517. The van der Waals surface area contributed by atoms with Crippen LogP contribution in [0.25, 0.3) is 0 Å². The number of hydrogen-bond acceptors (Lipinski definition) is 7. The summed E-state index contributed by atoms with van der Waals surface area (Å²) in [6.07, 6.45) is 3.04. The summed E-state index contributed by atoms with van der Waals surface area (Å²) in [4.78, 5) is 52.7. The van der Waals surface area contributed by atoms with Crippen LogP contribution in [0, 0.1) is 10.8 Å². The van der Waals surface area contributed by atoms with Crippen molar-refractivity contribution in [1.29, 1.82) is 0 Å². The van der Waals surface area contributed by atoms with Gasteiger partial charge in [0.25, 0.3) is 11.8 Å². The molecule has 1 aliphatic carbocycles. The SMILES string of the molecule is CNC(=O)NC(=O)c1c(NC(=O)c2ccc(S(=O)(=O)N3CC4(C)CC3CC(C)(C)C4)cc2)sc2c1CCN(C(C)=O)C2. The zero-order valence-corrected chi connectivity index (χ0v) is 26.1. The average Bonchev–Trinajstić information content (AvgIpc) is 3.40. The molecule has 2 aliphatic heterocycles. The minimum Gasteiger partial charge on any atom is -0.341 e. The molecule has 3 heterocycles. The fourth-order valence-corrected chi connectivity index (χ4v) is 10.0. The van der Waals surface area contributed by atoms with Gasteiger partial charge in [-0.15, -0.1) is 11.3 Å². The highest BCUT2D eigenvalue weighted by Crippen LogP contribution is 2.53. The van der Waals surface area contributed by atoms with E-state index in [4.69, 9.17) is 0 Å². The van der Waals surface area contributed by atoms with Crippen molar-refractivity contribution in [1.82, 2.24) is 19.8 Å². The highest BCUT2D eigenvalue weighted by Gasteiger charge is 2.53. The first kappa shape index (κ1) is 30.2. The van der Waals surface area contributed by atoms with Crippen LogP contribution in [0.4, 0.5) is 9.80 Å². The molecule has 3 N–H and O–H groups in total. The predicted octanol–water partition coefficient (Wildman–Crippen LogP) is 3.56. The molecule has 5 amide bonds. The van der Waals surface area contributed by atoms with Gasteiger partial charge in [0.1, 0.15) is 5.00 Å². The van der Waals surface area contributed by atoms with E-state index in [9.17, 15) is 27.6 Å². The van der Waals surface area contributed by atoms with Gasteiger partial charge in [-0.05, 0) is 66.3 Å². The maximum Gasteiger partial charge on any atom is 0.321 e. The van der Waals surface area contributed by atoms with Crippen LogP contribution >= 0.6 is 11.3 Å². The Balaban J connectivity index is 1.37. The third-order valence-electron chi connectivity index (χ3n) is 8.50. The van der Waals surface area contributed by atoms with Gasteiger partial charge in [0.15, 0.2) is 0 Å². The first-order chi connectivity index (χ1) is 19.6. The summed E-state index contributed by atoms with van der Waals surface area (Å²) in [6.45, 7) is 9.21. The van der Waals surface area contributed by atoms with Crippen LogP contribution in [0.5, 0.6) is 0 Å². The molecule has 2 bridgehead atoms. The number of nitrogens with zero attached hydrogens (tertiary/aromatic N) is 2. The number of hydrogen-bond donors (Lipinski definition) is 3. The van der Waals surface area contributed by atoms with Gasteiger partial charge in [-0.3, -0.25) is 19.7 Å². The van der Waals surface area contributed by atoms with E-state index >= 15 is 0 Å². The second kappa shape index (κ2) is 10.8. The lowest BCUT2D eigenvalue weighted by Gasteiger charge is -2.39. The number of rotatable bonds is 5. The summed E-state index contributed by atoms with van der Waals surface area (Å²) in [6, 6.07) is 5.09. The van der Waals surface area contributed by atoms with Crippen molar-refractivity contribution in [2.75, 3.05) is 25.5 Å². The lowest BCUT2D eigenvalue weighted by Crippen LogP contribution is -2.39. The van der Waals surface area contributed by atoms with Crippen LogP contribution in [-0.4, -0.2) is 67.6 Å². The first-order valence-electron chi connectivity index (χ1n) is 14.0. The Kier molecular flexibility index (Phi) is 7.73. The van der Waals surface area contributed by atoms with Crippen molar-refractivity contribution in [3.05, 3.63) is 45.8 Å². The molecule has 2 unspecified atom stereocenters. The van der Waals surface area contributed by atoms with Crippen molar-refractivity contribution >= 4 is 50.1 Å². The molecule has 1 aromatic heterocycles. The molecule has 11 nitrogen and oxygen atoms in total. The Bertz CT molecular complexity index is 1570. The van der Waals surface area contributed by atoms with Crippen molar-refractivity contribution < 1.29 is 27.6 Å². The molecule has 13 heteroatoms. The lowest BCUT2D eigenvalue weighted by atomic mass is 9.65. The Morgan fingerprint density at radius 1 is 1.02 bits per heavy atom. The van der Waals surface area contributed by atoms with Crippen LogP contribution in [0.2, 0.25) is 0 Å². The van der Waals surface area contributed by atoms with Crippen LogP contribution in [0.1, 0.15) is 78.1 Å². The van der Waals surface area contributed by atoms with E-state index in [-0.39, 0.29) is 43.8 Å². The average molecular weight is 616 g/mol. The highest BCUT2D eigenvalue weighted by molar-refractivity contribution is 7.89. The van der Waals surface area contributed by atoms with E-state index in [2.05, 4.69) is 36.7 Å². The van der Waals surface area contributed by atoms with E-state index in [1.165, 1.54) is 49.6 Å². The second-order valence-electron chi connectivity index (χ2n) is 12.7. The van der Waals surface area contributed by atoms with Crippen LogP contribution in [-0.2, 0) is 27.8 Å². The number of nitrogens with one attached hydrogen (secondary N) is 3. The molecule has 5 rings (SSSR count). The Hall–Kier alpha value is -3.29. The first-order valence-corrected chi connectivity index (χ1v) is 16.2. The number of sulfonamides is 1.